The summed E-state index contributed by atoms with van der Waals surface area (Å²) in [6.45, 7) is 13.6. The summed E-state index contributed by atoms with van der Waals surface area (Å²) < 4.78 is 0. The second-order valence-electron chi connectivity index (χ2n) is 6.12. The van der Waals surface area contributed by atoms with E-state index in [0.717, 1.165) is 17.8 Å². The van der Waals surface area contributed by atoms with Gasteiger partial charge in [-0.2, -0.15) is 0 Å². The topological polar surface area (TPSA) is 3.24 Å². The van der Waals surface area contributed by atoms with Crippen LogP contribution in [0.5, 0.6) is 0 Å². The van der Waals surface area contributed by atoms with Crippen molar-refractivity contribution in [1.29, 1.82) is 0 Å². The monoisotopic (exact) mass is 225 g/mol. The quantitative estimate of drug-likeness (QED) is 0.678. The van der Waals surface area contributed by atoms with Crippen LogP contribution in [-0.4, -0.2) is 24.5 Å². The smallest absolute Gasteiger partial charge is 0.00161 e. The van der Waals surface area contributed by atoms with Crippen molar-refractivity contribution >= 4 is 0 Å². The summed E-state index contributed by atoms with van der Waals surface area (Å²) >= 11 is 0. The highest BCUT2D eigenvalue weighted by molar-refractivity contribution is 4.69. The molecule has 0 aromatic rings. The Labute approximate surface area is 103 Å². The molecule has 1 aliphatic rings. The maximum Gasteiger partial charge on any atom is -0.00161 e. The van der Waals surface area contributed by atoms with Crippen molar-refractivity contribution in [3.8, 4) is 0 Å². The van der Waals surface area contributed by atoms with Crippen LogP contribution in [0.1, 0.15) is 59.8 Å². The molecule has 1 saturated heterocycles. The zero-order valence-electron chi connectivity index (χ0n) is 11.8. The van der Waals surface area contributed by atoms with Crippen LogP contribution in [0.25, 0.3) is 0 Å². The van der Waals surface area contributed by atoms with Crippen LogP contribution >= 0.6 is 0 Å². The molecule has 96 valence electrons. The van der Waals surface area contributed by atoms with E-state index in [1.54, 1.807) is 0 Å². The fourth-order valence-corrected chi connectivity index (χ4v) is 2.67. The molecule has 1 fully saturated rings. The molecule has 16 heavy (non-hydrogen) atoms. The van der Waals surface area contributed by atoms with Crippen molar-refractivity contribution in [2.75, 3.05) is 19.6 Å². The van der Waals surface area contributed by atoms with Gasteiger partial charge < -0.3 is 4.90 Å². The Bertz CT molecular complexity index is 166. The van der Waals surface area contributed by atoms with Gasteiger partial charge in [0.25, 0.3) is 0 Å². The largest absolute Gasteiger partial charge is 0.303 e. The number of hydrogen-bond acceptors (Lipinski definition) is 1. The molecular weight excluding hydrogens is 194 g/mol. The molecule has 0 aromatic heterocycles. The lowest BCUT2D eigenvalue weighted by Crippen LogP contribution is -2.28. The van der Waals surface area contributed by atoms with Crippen LogP contribution in [0, 0.1) is 17.8 Å². The molecule has 0 spiro atoms. The van der Waals surface area contributed by atoms with Gasteiger partial charge in [-0.05, 0) is 56.7 Å². The van der Waals surface area contributed by atoms with Crippen LogP contribution in [0.3, 0.4) is 0 Å². The fourth-order valence-electron chi connectivity index (χ4n) is 2.67. The van der Waals surface area contributed by atoms with E-state index in [9.17, 15) is 0 Å². The molecule has 0 bridgehead atoms. The van der Waals surface area contributed by atoms with E-state index in [4.69, 9.17) is 0 Å². The predicted molar refractivity (Wildman–Crippen MR) is 72.7 cm³/mol. The third-order valence-electron chi connectivity index (χ3n) is 4.55. The lowest BCUT2D eigenvalue weighted by Gasteiger charge is -2.27. The van der Waals surface area contributed by atoms with Crippen molar-refractivity contribution in [3.05, 3.63) is 0 Å². The van der Waals surface area contributed by atoms with E-state index in [0.29, 0.717) is 0 Å². The van der Waals surface area contributed by atoms with Gasteiger partial charge >= 0.3 is 0 Å². The average Bonchev–Trinajstić information content (AvgIpc) is 2.53. The average molecular weight is 225 g/mol. The van der Waals surface area contributed by atoms with Crippen molar-refractivity contribution in [2.24, 2.45) is 17.8 Å². The fraction of sp³-hybridized carbons (Fsp3) is 1.00. The summed E-state index contributed by atoms with van der Waals surface area (Å²) in [5, 5.41) is 0. The molecule has 0 N–H and O–H groups in total. The van der Waals surface area contributed by atoms with Gasteiger partial charge in [-0.3, -0.25) is 0 Å². The van der Waals surface area contributed by atoms with Gasteiger partial charge in [-0.25, -0.2) is 0 Å². The van der Waals surface area contributed by atoms with E-state index < -0.39 is 0 Å². The standard InChI is InChI=1S/C15H31N/c1-13(2)15(4)14(3)9-12-16-10-7-5-6-8-11-16/h13-15H,5-12H2,1-4H3. The number of rotatable bonds is 5. The van der Waals surface area contributed by atoms with Gasteiger partial charge in [0, 0.05) is 0 Å². The van der Waals surface area contributed by atoms with Crippen molar-refractivity contribution in [3.63, 3.8) is 0 Å². The van der Waals surface area contributed by atoms with E-state index in [1.165, 1.54) is 51.7 Å². The Morgan fingerprint density at radius 2 is 1.44 bits per heavy atom. The van der Waals surface area contributed by atoms with Gasteiger partial charge in [-0.15, -0.1) is 0 Å². The summed E-state index contributed by atoms with van der Waals surface area (Å²) in [6, 6.07) is 0. The van der Waals surface area contributed by atoms with Gasteiger partial charge in [-0.1, -0.05) is 40.5 Å². The molecule has 0 radical (unpaired) electrons. The Morgan fingerprint density at radius 1 is 0.875 bits per heavy atom. The molecule has 1 heteroatoms. The normalized spacial score (nSPS) is 23.1. The first-order valence-electron chi connectivity index (χ1n) is 7.33. The zero-order chi connectivity index (χ0) is 12.0. The molecule has 0 aliphatic carbocycles. The molecule has 1 nitrogen and oxygen atoms in total. The number of likely N-dealkylation sites (tertiary alicyclic amines) is 1. The molecular formula is C15H31N. The van der Waals surface area contributed by atoms with Gasteiger partial charge in [0.15, 0.2) is 0 Å². The maximum atomic E-state index is 2.69. The van der Waals surface area contributed by atoms with Crippen LogP contribution in [0.15, 0.2) is 0 Å². The Kier molecular flexibility index (Phi) is 6.41. The second-order valence-corrected chi connectivity index (χ2v) is 6.12. The van der Waals surface area contributed by atoms with Gasteiger partial charge in [0.05, 0.1) is 0 Å². The summed E-state index contributed by atoms with van der Waals surface area (Å²) in [5.41, 5.74) is 0. The summed E-state index contributed by atoms with van der Waals surface area (Å²) in [6.07, 6.45) is 7.14. The third kappa shape index (κ3) is 4.86. The van der Waals surface area contributed by atoms with E-state index in [-0.39, 0.29) is 0 Å². The van der Waals surface area contributed by atoms with Crippen LogP contribution in [-0.2, 0) is 0 Å². The minimum atomic E-state index is 0.833. The summed E-state index contributed by atoms with van der Waals surface area (Å²) in [5.74, 6) is 2.58. The highest BCUT2D eigenvalue weighted by atomic mass is 15.1. The Balaban J connectivity index is 2.21. The van der Waals surface area contributed by atoms with Crippen molar-refractivity contribution in [1.82, 2.24) is 4.90 Å². The molecule has 1 rings (SSSR count). The molecule has 0 saturated carbocycles. The summed E-state index contributed by atoms with van der Waals surface area (Å²) in [4.78, 5) is 2.69. The van der Waals surface area contributed by atoms with Crippen molar-refractivity contribution < 1.29 is 0 Å². The second kappa shape index (κ2) is 7.32. The first-order chi connectivity index (χ1) is 7.61. The lowest BCUT2D eigenvalue weighted by molar-refractivity contribution is 0.220. The summed E-state index contributed by atoms with van der Waals surface area (Å²) in [7, 11) is 0. The van der Waals surface area contributed by atoms with Gasteiger partial charge in [0.2, 0.25) is 0 Å². The van der Waals surface area contributed by atoms with Crippen LogP contribution < -0.4 is 0 Å². The SMILES string of the molecule is CC(C)C(C)C(C)CCN1CCCCCC1. The Hall–Kier alpha value is -0.0400. The highest BCUT2D eigenvalue weighted by Crippen LogP contribution is 2.23. The molecule has 2 unspecified atom stereocenters. The van der Waals surface area contributed by atoms with E-state index in [2.05, 4.69) is 32.6 Å². The molecule has 0 aromatic carbocycles. The van der Waals surface area contributed by atoms with Crippen LogP contribution in [0.2, 0.25) is 0 Å². The molecule has 2 atom stereocenters. The van der Waals surface area contributed by atoms with Crippen molar-refractivity contribution in [2.45, 2.75) is 59.8 Å². The van der Waals surface area contributed by atoms with E-state index in [1.807, 2.05) is 0 Å². The van der Waals surface area contributed by atoms with Gasteiger partial charge in [0.1, 0.15) is 0 Å². The minimum Gasteiger partial charge on any atom is -0.303 e. The number of hydrogen-bond donors (Lipinski definition) is 0. The predicted octanol–water partition coefficient (Wildman–Crippen LogP) is 4.18. The zero-order valence-corrected chi connectivity index (χ0v) is 11.8. The minimum absolute atomic E-state index is 0.833. The molecule has 1 heterocycles. The first kappa shape index (κ1) is 14.0. The Morgan fingerprint density at radius 3 is 1.94 bits per heavy atom. The molecule has 0 amide bonds. The maximum absolute atomic E-state index is 2.69. The highest BCUT2D eigenvalue weighted by Gasteiger charge is 2.17. The molecule has 1 aliphatic heterocycles. The first-order valence-corrected chi connectivity index (χ1v) is 7.33. The van der Waals surface area contributed by atoms with E-state index >= 15 is 0 Å². The van der Waals surface area contributed by atoms with Crippen LogP contribution in [0.4, 0.5) is 0 Å². The number of nitrogens with zero attached hydrogens (tertiary/aromatic N) is 1. The third-order valence-corrected chi connectivity index (χ3v) is 4.55. The lowest BCUT2D eigenvalue weighted by atomic mass is 9.84.